The average Bonchev–Trinajstić information content (AvgIpc) is 3.35. The maximum absolute atomic E-state index is 10.5. The van der Waals surface area contributed by atoms with Crippen LogP contribution < -0.4 is 14.4 Å². The predicted molar refractivity (Wildman–Crippen MR) is 105 cm³/mol. The number of piperidine rings is 1. The van der Waals surface area contributed by atoms with Gasteiger partial charge in [0.2, 0.25) is 6.79 Å². The molecule has 148 valence electrons. The normalized spacial score (nSPS) is 25.4. The van der Waals surface area contributed by atoms with Crippen LogP contribution in [0.5, 0.6) is 11.5 Å². The lowest BCUT2D eigenvalue weighted by Crippen LogP contribution is -2.44. The van der Waals surface area contributed by atoms with Crippen LogP contribution in [0, 0.1) is 5.92 Å². The topological polar surface area (TPSA) is 71.0 Å². The minimum atomic E-state index is -0.283. The number of rotatable bonds is 4. The van der Waals surface area contributed by atoms with Gasteiger partial charge in [-0.25, -0.2) is 0 Å². The molecule has 2 atom stereocenters. The van der Waals surface area contributed by atoms with Crippen LogP contribution in [-0.2, 0) is 6.42 Å². The number of likely N-dealkylation sites (tertiary alicyclic amines) is 1. The first-order chi connectivity index (χ1) is 13.8. The van der Waals surface area contributed by atoms with Crippen molar-refractivity contribution in [1.29, 1.82) is 0 Å². The number of anilines is 1. The number of aliphatic hydroxyl groups excluding tert-OH is 1. The summed E-state index contributed by atoms with van der Waals surface area (Å²) in [5.41, 5.74) is 2.16. The Morgan fingerprint density at radius 2 is 1.93 bits per heavy atom. The molecule has 2 fully saturated rings. The van der Waals surface area contributed by atoms with Gasteiger partial charge in [0.15, 0.2) is 11.5 Å². The highest BCUT2D eigenvalue weighted by Gasteiger charge is 2.36. The van der Waals surface area contributed by atoms with Crippen molar-refractivity contribution in [3.8, 4) is 11.5 Å². The largest absolute Gasteiger partial charge is 0.454 e. The number of aliphatic hydroxyl groups is 1. The first kappa shape index (κ1) is 17.7. The molecule has 1 aromatic heterocycles. The smallest absolute Gasteiger partial charge is 0.231 e. The number of hydrogen-bond acceptors (Lipinski definition) is 7. The van der Waals surface area contributed by atoms with Gasteiger partial charge in [0, 0.05) is 68.5 Å². The quantitative estimate of drug-likeness (QED) is 0.863. The third-order valence-corrected chi connectivity index (χ3v) is 6.22. The molecule has 5 rings (SSSR count). The van der Waals surface area contributed by atoms with Gasteiger partial charge in [-0.3, -0.25) is 14.9 Å². The van der Waals surface area contributed by atoms with Gasteiger partial charge in [-0.2, -0.15) is 0 Å². The summed E-state index contributed by atoms with van der Waals surface area (Å²) in [7, 11) is 0. The van der Waals surface area contributed by atoms with E-state index in [0.29, 0.717) is 12.8 Å². The Morgan fingerprint density at radius 3 is 2.75 bits per heavy atom. The second kappa shape index (κ2) is 7.56. The van der Waals surface area contributed by atoms with Gasteiger partial charge in [-0.05, 0) is 31.4 Å². The third-order valence-electron chi connectivity index (χ3n) is 6.22. The first-order valence-electron chi connectivity index (χ1n) is 10.1. The van der Waals surface area contributed by atoms with Gasteiger partial charge in [0.05, 0.1) is 11.8 Å². The van der Waals surface area contributed by atoms with Crippen molar-refractivity contribution in [2.24, 2.45) is 5.92 Å². The number of fused-ring (bicyclic) bond motifs is 1. The highest BCUT2D eigenvalue weighted by atomic mass is 16.7. The summed E-state index contributed by atoms with van der Waals surface area (Å²) in [6, 6.07) is 6.73. The number of β-amino-alcohol motifs (C(OH)–C–C–N with tert-alkyl or cyclic N) is 1. The fourth-order valence-electron chi connectivity index (χ4n) is 4.66. The van der Waals surface area contributed by atoms with Crippen molar-refractivity contribution in [3.05, 3.63) is 42.5 Å². The Morgan fingerprint density at radius 1 is 1.07 bits per heavy atom. The summed E-state index contributed by atoms with van der Waals surface area (Å²) in [4.78, 5) is 13.4. The van der Waals surface area contributed by atoms with Crippen LogP contribution in [0.25, 0.3) is 0 Å². The summed E-state index contributed by atoms with van der Waals surface area (Å²) in [6.45, 7) is 4.05. The molecule has 7 nitrogen and oxygen atoms in total. The molecule has 7 heteroatoms. The SMILES string of the molecule is O[C@@H]1CN(C2CCN(c3ccc4c(c3)OCO4)CC2)C[C@H]1Cc1cnccn1. The van der Waals surface area contributed by atoms with Crippen LogP contribution in [0.4, 0.5) is 5.69 Å². The molecule has 2 saturated heterocycles. The summed E-state index contributed by atoms with van der Waals surface area (Å²) >= 11 is 0. The lowest BCUT2D eigenvalue weighted by Gasteiger charge is -2.38. The van der Waals surface area contributed by atoms with Crippen molar-refractivity contribution >= 4 is 5.69 Å². The Kier molecular flexibility index (Phi) is 4.78. The van der Waals surface area contributed by atoms with Gasteiger partial charge in [-0.15, -0.1) is 0 Å². The van der Waals surface area contributed by atoms with Gasteiger partial charge in [0.1, 0.15) is 0 Å². The van der Waals surface area contributed by atoms with Crippen molar-refractivity contribution in [3.63, 3.8) is 0 Å². The third kappa shape index (κ3) is 3.52. The molecule has 2 aromatic rings. The van der Waals surface area contributed by atoms with E-state index in [9.17, 15) is 5.11 Å². The summed E-state index contributed by atoms with van der Waals surface area (Å²) in [6.07, 6.45) is 7.95. The molecule has 0 amide bonds. The molecular formula is C21H26N4O3. The van der Waals surface area contributed by atoms with Crippen LogP contribution in [0.1, 0.15) is 18.5 Å². The Hall–Kier alpha value is -2.38. The number of hydrogen-bond donors (Lipinski definition) is 1. The van der Waals surface area contributed by atoms with Crippen LogP contribution in [0.15, 0.2) is 36.8 Å². The maximum Gasteiger partial charge on any atom is 0.231 e. The van der Waals surface area contributed by atoms with E-state index in [-0.39, 0.29) is 12.0 Å². The fraction of sp³-hybridized carbons (Fsp3) is 0.524. The van der Waals surface area contributed by atoms with Gasteiger partial charge >= 0.3 is 0 Å². The van der Waals surface area contributed by atoms with E-state index in [1.807, 2.05) is 6.07 Å². The average molecular weight is 382 g/mol. The molecule has 28 heavy (non-hydrogen) atoms. The molecule has 3 aliphatic heterocycles. The number of ether oxygens (including phenoxy) is 2. The van der Waals surface area contributed by atoms with Gasteiger partial charge in [-0.1, -0.05) is 0 Å². The van der Waals surface area contributed by atoms with Crippen LogP contribution in [0.2, 0.25) is 0 Å². The van der Waals surface area contributed by atoms with E-state index in [1.54, 1.807) is 18.6 Å². The van der Waals surface area contributed by atoms with Crippen molar-refractivity contribution < 1.29 is 14.6 Å². The molecular weight excluding hydrogens is 356 g/mol. The number of aromatic nitrogens is 2. The van der Waals surface area contributed by atoms with Crippen LogP contribution >= 0.6 is 0 Å². The van der Waals surface area contributed by atoms with Crippen LogP contribution in [0.3, 0.4) is 0 Å². The highest BCUT2D eigenvalue weighted by molar-refractivity contribution is 5.57. The molecule has 0 bridgehead atoms. The second-order valence-electron chi connectivity index (χ2n) is 7.94. The Balaban J connectivity index is 1.17. The molecule has 0 aliphatic carbocycles. The monoisotopic (exact) mass is 382 g/mol. The summed E-state index contributed by atoms with van der Waals surface area (Å²) in [5.74, 6) is 1.91. The lowest BCUT2D eigenvalue weighted by atomic mass is 10.00. The highest BCUT2D eigenvalue weighted by Crippen LogP contribution is 2.36. The van der Waals surface area contributed by atoms with E-state index in [0.717, 1.165) is 62.6 Å². The predicted octanol–water partition coefficient (Wildman–Crippen LogP) is 1.71. The standard InChI is InChI=1S/C21H26N4O3/c26-19-13-25(12-15(19)9-16-11-22-5-6-23-16)17-3-7-24(8-4-17)18-1-2-20-21(10-18)28-14-27-20/h1-2,5-6,10-11,15,17,19,26H,3-4,7-9,12-14H2/t15-,19-/m1/s1. The zero-order valence-corrected chi connectivity index (χ0v) is 15.9. The number of nitrogens with zero attached hydrogens (tertiary/aromatic N) is 4. The van der Waals surface area contributed by atoms with E-state index < -0.39 is 0 Å². The van der Waals surface area contributed by atoms with E-state index in [2.05, 4.69) is 31.9 Å². The molecule has 0 radical (unpaired) electrons. The van der Waals surface area contributed by atoms with Crippen molar-refractivity contribution in [2.75, 3.05) is 37.9 Å². The molecule has 4 heterocycles. The molecule has 3 aliphatic rings. The van der Waals surface area contributed by atoms with E-state index in [1.165, 1.54) is 5.69 Å². The van der Waals surface area contributed by atoms with E-state index >= 15 is 0 Å². The Bertz CT molecular complexity index is 811. The second-order valence-corrected chi connectivity index (χ2v) is 7.94. The maximum atomic E-state index is 10.5. The molecule has 0 unspecified atom stereocenters. The summed E-state index contributed by atoms with van der Waals surface area (Å²) < 4.78 is 10.9. The Labute approximate surface area is 164 Å². The minimum Gasteiger partial charge on any atom is -0.454 e. The molecule has 0 spiro atoms. The van der Waals surface area contributed by atoms with Crippen LogP contribution in [-0.4, -0.2) is 65.1 Å². The lowest BCUT2D eigenvalue weighted by molar-refractivity contribution is 0.131. The summed E-state index contributed by atoms with van der Waals surface area (Å²) in [5, 5.41) is 10.5. The van der Waals surface area contributed by atoms with E-state index in [4.69, 9.17) is 9.47 Å². The zero-order chi connectivity index (χ0) is 18.9. The van der Waals surface area contributed by atoms with Gasteiger partial charge < -0.3 is 19.5 Å². The molecule has 1 aromatic carbocycles. The fourth-order valence-corrected chi connectivity index (χ4v) is 4.66. The minimum absolute atomic E-state index is 0.239. The first-order valence-corrected chi connectivity index (χ1v) is 10.1. The molecule has 1 N–H and O–H groups in total. The number of benzene rings is 1. The molecule has 0 saturated carbocycles. The van der Waals surface area contributed by atoms with Crippen molar-refractivity contribution in [1.82, 2.24) is 14.9 Å². The zero-order valence-electron chi connectivity index (χ0n) is 15.9. The van der Waals surface area contributed by atoms with Gasteiger partial charge in [0.25, 0.3) is 0 Å². The van der Waals surface area contributed by atoms with Crippen molar-refractivity contribution in [2.45, 2.75) is 31.4 Å².